The molecule has 0 aromatic heterocycles. The molecule has 1 aliphatic heterocycles. The van der Waals surface area contributed by atoms with Crippen LogP contribution in [0.25, 0.3) is 0 Å². The third-order valence-corrected chi connectivity index (χ3v) is 7.79. The zero-order chi connectivity index (χ0) is 14.8. The molecule has 0 aromatic rings. The van der Waals surface area contributed by atoms with E-state index in [1.807, 2.05) is 6.92 Å². The fraction of sp³-hybridized carbons (Fsp3) is 0.889. The number of unbranched alkanes of at least 4 members (excludes halogenated alkanes) is 1. The molecule has 20 heavy (non-hydrogen) atoms. The Balaban J connectivity index is 2.69. The van der Waals surface area contributed by atoms with Crippen LogP contribution in [0, 0.1) is 5.92 Å². The van der Waals surface area contributed by atoms with Gasteiger partial charge < -0.3 is 5.11 Å². The van der Waals surface area contributed by atoms with Crippen LogP contribution in [0.15, 0.2) is 11.1 Å². The Kier molecular flexibility index (Phi) is 9.61. The summed E-state index contributed by atoms with van der Waals surface area (Å²) in [5, 5.41) is 11.6. The van der Waals surface area contributed by atoms with E-state index in [9.17, 15) is 5.11 Å². The maximum absolute atomic E-state index is 10.1. The van der Waals surface area contributed by atoms with Crippen LogP contribution in [-0.4, -0.2) is 17.4 Å². The van der Waals surface area contributed by atoms with Crippen molar-refractivity contribution in [2.45, 2.75) is 85.0 Å². The number of aliphatic hydroxyl groups is 1. The van der Waals surface area contributed by atoms with Gasteiger partial charge in [0.25, 0.3) is 0 Å². The molecule has 1 nitrogen and oxygen atoms in total. The molecule has 1 aliphatic rings. The fourth-order valence-corrected chi connectivity index (χ4v) is 6.53. The summed E-state index contributed by atoms with van der Waals surface area (Å²) >= 11 is 0. The van der Waals surface area contributed by atoms with Crippen molar-refractivity contribution in [3.8, 4) is 0 Å². The number of allylic oxidation sites excluding steroid dienone is 2. The van der Waals surface area contributed by atoms with Crippen LogP contribution in [0.1, 0.15) is 85.0 Å². The second kappa shape index (κ2) is 10.7. The van der Waals surface area contributed by atoms with Gasteiger partial charge in [0.1, 0.15) is 0 Å². The van der Waals surface area contributed by atoms with Crippen molar-refractivity contribution in [1.29, 1.82) is 0 Å². The molecule has 0 spiro atoms. The third-order valence-electron chi connectivity index (χ3n) is 4.66. The van der Waals surface area contributed by atoms with Crippen LogP contribution >= 0.6 is 7.92 Å². The molecule has 0 amide bonds. The molecule has 2 atom stereocenters. The molecular formula is C18H35OP. The van der Waals surface area contributed by atoms with Crippen molar-refractivity contribution in [3.63, 3.8) is 0 Å². The molecular weight excluding hydrogens is 263 g/mol. The minimum atomic E-state index is -0.0674. The molecule has 1 saturated heterocycles. The van der Waals surface area contributed by atoms with Crippen LogP contribution in [0.4, 0.5) is 0 Å². The van der Waals surface area contributed by atoms with Crippen LogP contribution in [0.3, 0.4) is 0 Å². The van der Waals surface area contributed by atoms with Crippen molar-refractivity contribution in [1.82, 2.24) is 0 Å². The molecule has 0 aromatic carbocycles. The van der Waals surface area contributed by atoms with Crippen LogP contribution in [-0.2, 0) is 0 Å². The molecule has 1 rings (SSSR count). The summed E-state index contributed by atoms with van der Waals surface area (Å²) in [5.41, 5.74) is 0. The first-order chi connectivity index (χ1) is 9.69. The normalized spacial score (nSPS) is 25.4. The van der Waals surface area contributed by atoms with E-state index in [-0.39, 0.29) is 7.92 Å². The minimum absolute atomic E-state index is 0.0674. The van der Waals surface area contributed by atoms with Crippen LogP contribution in [0.5, 0.6) is 0 Å². The molecule has 118 valence electrons. The largest absolute Gasteiger partial charge is 0.512 e. The topological polar surface area (TPSA) is 20.2 Å². The first-order valence-corrected chi connectivity index (χ1v) is 10.5. The maximum atomic E-state index is 10.1. The lowest BCUT2D eigenvalue weighted by molar-refractivity contribution is 0.408. The average molecular weight is 298 g/mol. The lowest BCUT2D eigenvalue weighted by Gasteiger charge is -2.26. The summed E-state index contributed by atoms with van der Waals surface area (Å²) < 4.78 is 0. The second-order valence-corrected chi connectivity index (χ2v) is 8.84. The predicted octanol–water partition coefficient (Wildman–Crippen LogP) is 6.83. The van der Waals surface area contributed by atoms with Crippen molar-refractivity contribution >= 4 is 7.92 Å². The Bertz CT molecular complexity index is 281. The van der Waals surface area contributed by atoms with Gasteiger partial charge >= 0.3 is 0 Å². The molecule has 1 heterocycles. The van der Waals surface area contributed by atoms with Gasteiger partial charge in [-0.1, -0.05) is 66.7 Å². The van der Waals surface area contributed by atoms with E-state index in [0.29, 0.717) is 5.76 Å². The quantitative estimate of drug-likeness (QED) is 0.421. The van der Waals surface area contributed by atoms with E-state index < -0.39 is 0 Å². The van der Waals surface area contributed by atoms with Gasteiger partial charge in [-0.15, -0.1) is 0 Å². The van der Waals surface area contributed by atoms with E-state index in [1.165, 1.54) is 75.4 Å². The van der Waals surface area contributed by atoms with Gasteiger partial charge in [-0.05, 0) is 49.7 Å². The summed E-state index contributed by atoms with van der Waals surface area (Å²) in [5.74, 6) is 1.54. The predicted molar refractivity (Wildman–Crippen MR) is 93.0 cm³/mol. The molecule has 2 unspecified atom stereocenters. The minimum Gasteiger partial charge on any atom is -0.512 e. The average Bonchev–Trinajstić information content (AvgIpc) is 2.55. The highest BCUT2D eigenvalue weighted by Crippen LogP contribution is 2.52. The first-order valence-electron chi connectivity index (χ1n) is 8.82. The zero-order valence-electron chi connectivity index (χ0n) is 14.0. The van der Waals surface area contributed by atoms with E-state index in [1.54, 1.807) is 0 Å². The molecule has 0 radical (unpaired) electrons. The van der Waals surface area contributed by atoms with Gasteiger partial charge in [0.15, 0.2) is 0 Å². The van der Waals surface area contributed by atoms with Gasteiger partial charge in [-0.25, -0.2) is 0 Å². The van der Waals surface area contributed by atoms with Crippen molar-refractivity contribution < 1.29 is 5.11 Å². The van der Waals surface area contributed by atoms with Gasteiger partial charge in [0.05, 0.1) is 5.76 Å². The number of aliphatic hydroxyl groups excluding tert-OH is 1. The van der Waals surface area contributed by atoms with E-state index in [4.69, 9.17) is 0 Å². The van der Waals surface area contributed by atoms with Crippen LogP contribution < -0.4 is 0 Å². The molecule has 2 heteroatoms. The zero-order valence-corrected chi connectivity index (χ0v) is 14.9. The van der Waals surface area contributed by atoms with Gasteiger partial charge in [-0.3, -0.25) is 0 Å². The monoisotopic (exact) mass is 298 g/mol. The van der Waals surface area contributed by atoms with Crippen molar-refractivity contribution in [3.05, 3.63) is 11.1 Å². The molecule has 1 fully saturated rings. The Morgan fingerprint density at radius 3 is 2.50 bits per heavy atom. The first kappa shape index (κ1) is 18.0. The van der Waals surface area contributed by atoms with E-state index in [2.05, 4.69) is 13.8 Å². The lowest BCUT2D eigenvalue weighted by Crippen LogP contribution is -2.07. The molecule has 0 aliphatic carbocycles. The fourth-order valence-electron chi connectivity index (χ4n) is 3.26. The molecule has 0 bridgehead atoms. The van der Waals surface area contributed by atoms with Gasteiger partial charge in [-0.2, -0.15) is 0 Å². The summed E-state index contributed by atoms with van der Waals surface area (Å²) in [6.07, 6.45) is 16.1. The Morgan fingerprint density at radius 1 is 1.15 bits per heavy atom. The highest BCUT2D eigenvalue weighted by Gasteiger charge is 2.21. The van der Waals surface area contributed by atoms with Gasteiger partial charge in [0.2, 0.25) is 0 Å². The maximum Gasteiger partial charge on any atom is 0.0928 e. The lowest BCUT2D eigenvalue weighted by atomic mass is 10.0. The summed E-state index contributed by atoms with van der Waals surface area (Å²) in [6, 6.07) is 0. The highest BCUT2D eigenvalue weighted by atomic mass is 31.1. The highest BCUT2D eigenvalue weighted by molar-refractivity contribution is 7.62. The summed E-state index contributed by atoms with van der Waals surface area (Å²) in [7, 11) is -0.0674. The SMILES string of the molecule is CCCCC(CC)CP1CCCCCCCC1=C(C)O. The third kappa shape index (κ3) is 6.61. The summed E-state index contributed by atoms with van der Waals surface area (Å²) in [6.45, 7) is 6.57. The summed E-state index contributed by atoms with van der Waals surface area (Å²) in [4.78, 5) is 0. The second-order valence-electron chi connectivity index (χ2n) is 6.41. The Labute approximate surface area is 128 Å². The standard InChI is InChI=1S/C18H35OP/c1-4-6-12-17(5-2)15-20-14-11-9-7-8-10-13-18(20)16(3)19/h17,19H,4-15H2,1-3H3. The van der Waals surface area contributed by atoms with Crippen LogP contribution in [0.2, 0.25) is 0 Å². The number of rotatable bonds is 6. The van der Waals surface area contributed by atoms with Crippen molar-refractivity contribution in [2.75, 3.05) is 12.3 Å². The Hall–Kier alpha value is -0.0300. The van der Waals surface area contributed by atoms with Crippen molar-refractivity contribution in [2.24, 2.45) is 5.92 Å². The van der Waals surface area contributed by atoms with E-state index in [0.717, 1.165) is 12.3 Å². The van der Waals surface area contributed by atoms with E-state index >= 15 is 0 Å². The number of hydrogen-bond acceptors (Lipinski definition) is 1. The van der Waals surface area contributed by atoms with Gasteiger partial charge in [0, 0.05) is 0 Å². The number of hydrogen-bond donors (Lipinski definition) is 1. The Morgan fingerprint density at radius 2 is 1.85 bits per heavy atom. The smallest absolute Gasteiger partial charge is 0.0928 e. The molecule has 0 saturated carbocycles. The molecule has 1 N–H and O–H groups in total.